The summed E-state index contributed by atoms with van der Waals surface area (Å²) in [5.74, 6) is 0.0809. The summed E-state index contributed by atoms with van der Waals surface area (Å²) in [4.78, 5) is 2.10. The van der Waals surface area contributed by atoms with Crippen LogP contribution in [0.15, 0.2) is 0 Å². The van der Waals surface area contributed by atoms with Gasteiger partial charge in [0.25, 0.3) is 0 Å². The van der Waals surface area contributed by atoms with Crippen LogP contribution in [0, 0.1) is 0 Å². The molecule has 2 heterocycles. The molecule has 0 aromatic rings. The number of sulfonamides is 1. The highest BCUT2D eigenvalue weighted by Gasteiger charge is 2.39. The molecule has 0 radical (unpaired) electrons. The van der Waals surface area contributed by atoms with Crippen molar-refractivity contribution in [1.82, 2.24) is 9.21 Å². The molecule has 7 heteroatoms. The first-order valence-corrected chi connectivity index (χ1v) is 7.92. The van der Waals surface area contributed by atoms with Crippen LogP contribution < -0.4 is 0 Å². The Morgan fingerprint density at radius 1 is 1.39 bits per heavy atom. The maximum Gasteiger partial charge on any atom is 0.217 e. The molecule has 0 aromatic carbocycles. The van der Waals surface area contributed by atoms with Gasteiger partial charge in [-0.2, -0.15) is 4.31 Å². The van der Waals surface area contributed by atoms with E-state index in [2.05, 4.69) is 4.90 Å². The van der Waals surface area contributed by atoms with Crippen molar-refractivity contribution in [2.45, 2.75) is 18.6 Å². The molecule has 0 aromatic heterocycles. The summed E-state index contributed by atoms with van der Waals surface area (Å²) in [5.41, 5.74) is 0. The average Bonchev–Trinajstić information content (AvgIpc) is 2.22. The van der Waals surface area contributed by atoms with E-state index in [1.54, 1.807) is 11.4 Å². The summed E-state index contributed by atoms with van der Waals surface area (Å²) < 4.78 is 36.6. The second kappa shape index (κ2) is 5.83. The quantitative estimate of drug-likeness (QED) is 0.670. The lowest BCUT2D eigenvalue weighted by Crippen LogP contribution is -2.56. The van der Waals surface area contributed by atoms with Crippen LogP contribution in [0.2, 0.25) is 0 Å². The predicted octanol–water partition coefficient (Wildman–Crippen LogP) is -0.632. The van der Waals surface area contributed by atoms with E-state index in [0.717, 1.165) is 13.0 Å². The molecule has 0 amide bonds. The van der Waals surface area contributed by atoms with Crippen molar-refractivity contribution in [3.05, 3.63) is 0 Å². The molecular weight excluding hydrogens is 256 g/mol. The van der Waals surface area contributed by atoms with Crippen LogP contribution in [0.4, 0.5) is 0 Å². The maximum absolute atomic E-state index is 12.2. The van der Waals surface area contributed by atoms with Crippen LogP contribution in [0.1, 0.15) is 6.42 Å². The molecule has 106 valence electrons. The predicted molar refractivity (Wildman–Crippen MR) is 68.0 cm³/mol. The van der Waals surface area contributed by atoms with Gasteiger partial charge in [-0.3, -0.25) is 0 Å². The van der Waals surface area contributed by atoms with Crippen molar-refractivity contribution in [3.8, 4) is 0 Å². The summed E-state index contributed by atoms with van der Waals surface area (Å²) in [5, 5.41) is 0. The molecule has 0 aliphatic carbocycles. The lowest BCUT2D eigenvalue weighted by molar-refractivity contribution is -0.00815. The van der Waals surface area contributed by atoms with Crippen molar-refractivity contribution in [2.75, 3.05) is 52.8 Å². The Labute approximate surface area is 109 Å². The molecular formula is C11H22N2O4S. The zero-order valence-corrected chi connectivity index (χ0v) is 11.9. The van der Waals surface area contributed by atoms with E-state index in [4.69, 9.17) is 9.47 Å². The number of morpholine rings is 1. The van der Waals surface area contributed by atoms with Gasteiger partial charge in [0.1, 0.15) is 0 Å². The summed E-state index contributed by atoms with van der Waals surface area (Å²) in [6.07, 6.45) is 0.677. The first kappa shape index (κ1) is 14.2. The summed E-state index contributed by atoms with van der Waals surface area (Å²) in [6, 6.07) is 0.0151. The lowest BCUT2D eigenvalue weighted by atomic mass is 10.1. The molecule has 2 atom stereocenters. The number of nitrogens with zero attached hydrogens (tertiary/aromatic N) is 2. The first-order chi connectivity index (χ1) is 8.53. The van der Waals surface area contributed by atoms with Crippen molar-refractivity contribution in [2.24, 2.45) is 0 Å². The van der Waals surface area contributed by atoms with E-state index in [9.17, 15) is 8.42 Å². The van der Waals surface area contributed by atoms with Gasteiger partial charge in [-0.05, 0) is 13.5 Å². The van der Waals surface area contributed by atoms with Crippen molar-refractivity contribution < 1.29 is 17.9 Å². The van der Waals surface area contributed by atoms with Gasteiger partial charge >= 0.3 is 0 Å². The Bertz CT molecular complexity index is 373. The van der Waals surface area contributed by atoms with Gasteiger partial charge in [0.15, 0.2) is 0 Å². The van der Waals surface area contributed by atoms with Gasteiger partial charge in [0.2, 0.25) is 10.0 Å². The van der Waals surface area contributed by atoms with E-state index in [1.165, 1.54) is 0 Å². The Morgan fingerprint density at radius 2 is 2.17 bits per heavy atom. The van der Waals surface area contributed by atoms with E-state index in [-0.39, 0.29) is 17.9 Å². The van der Waals surface area contributed by atoms with Crippen LogP contribution in [0.25, 0.3) is 0 Å². The molecule has 2 rings (SSSR count). The highest BCUT2D eigenvalue weighted by molar-refractivity contribution is 7.89. The molecule has 0 bridgehead atoms. The third-order valence-electron chi connectivity index (χ3n) is 3.54. The standard InChI is InChI=1S/C11H22N2O4S/c1-12-5-6-17-11(7-12)9-18(14,15)13-4-3-10(13)8-16-2/h10-11H,3-9H2,1-2H3. The molecule has 2 aliphatic heterocycles. The average molecular weight is 278 g/mol. The summed E-state index contributed by atoms with van der Waals surface area (Å²) in [6.45, 7) is 3.25. The molecule has 6 nitrogen and oxygen atoms in total. The van der Waals surface area contributed by atoms with Crippen molar-refractivity contribution in [1.29, 1.82) is 0 Å². The monoisotopic (exact) mass is 278 g/mol. The van der Waals surface area contributed by atoms with E-state index in [0.29, 0.717) is 26.3 Å². The fourth-order valence-corrected chi connectivity index (χ4v) is 4.31. The van der Waals surface area contributed by atoms with Gasteiger partial charge < -0.3 is 14.4 Å². The van der Waals surface area contributed by atoms with Gasteiger partial charge in [-0.1, -0.05) is 0 Å². The number of hydrogen-bond donors (Lipinski definition) is 0. The zero-order chi connectivity index (χ0) is 13.2. The van der Waals surface area contributed by atoms with E-state index >= 15 is 0 Å². The second-order valence-corrected chi connectivity index (χ2v) is 7.01. The first-order valence-electron chi connectivity index (χ1n) is 6.31. The topological polar surface area (TPSA) is 59.1 Å². The van der Waals surface area contributed by atoms with Crippen LogP contribution in [-0.2, 0) is 19.5 Å². The molecule has 2 fully saturated rings. The van der Waals surface area contributed by atoms with Crippen LogP contribution in [-0.4, -0.2) is 82.5 Å². The maximum atomic E-state index is 12.2. The molecule has 0 N–H and O–H groups in total. The molecule has 18 heavy (non-hydrogen) atoms. The number of hydrogen-bond acceptors (Lipinski definition) is 5. The molecule has 0 saturated carbocycles. The molecule has 2 unspecified atom stereocenters. The van der Waals surface area contributed by atoms with E-state index < -0.39 is 10.0 Å². The Balaban J connectivity index is 1.90. The number of ether oxygens (including phenoxy) is 2. The molecule has 2 aliphatic rings. The van der Waals surface area contributed by atoms with Crippen LogP contribution >= 0.6 is 0 Å². The fraction of sp³-hybridized carbons (Fsp3) is 1.00. The van der Waals surface area contributed by atoms with Gasteiger partial charge in [-0.25, -0.2) is 8.42 Å². The van der Waals surface area contributed by atoms with Crippen LogP contribution in [0.5, 0.6) is 0 Å². The fourth-order valence-electron chi connectivity index (χ4n) is 2.44. The number of rotatable bonds is 5. The third kappa shape index (κ3) is 3.21. The SMILES string of the molecule is COCC1CCN1S(=O)(=O)CC1CN(C)CCO1. The van der Waals surface area contributed by atoms with E-state index in [1.807, 2.05) is 7.05 Å². The zero-order valence-electron chi connectivity index (χ0n) is 11.0. The van der Waals surface area contributed by atoms with Gasteiger partial charge in [-0.15, -0.1) is 0 Å². The van der Waals surface area contributed by atoms with Crippen molar-refractivity contribution >= 4 is 10.0 Å². The Kier molecular flexibility index (Phi) is 4.60. The largest absolute Gasteiger partial charge is 0.383 e. The molecule has 0 spiro atoms. The minimum atomic E-state index is -3.22. The number of methoxy groups -OCH3 is 1. The van der Waals surface area contributed by atoms with Gasteiger partial charge in [0.05, 0.1) is 25.1 Å². The highest BCUT2D eigenvalue weighted by atomic mass is 32.2. The third-order valence-corrected chi connectivity index (χ3v) is 5.53. The number of likely N-dealkylation sites (N-methyl/N-ethyl adjacent to an activating group) is 1. The Hall–Kier alpha value is -0.210. The normalized spacial score (nSPS) is 31.2. The Morgan fingerprint density at radius 3 is 2.72 bits per heavy atom. The lowest BCUT2D eigenvalue weighted by Gasteiger charge is -2.40. The molecule has 2 saturated heterocycles. The van der Waals surface area contributed by atoms with Crippen LogP contribution in [0.3, 0.4) is 0 Å². The van der Waals surface area contributed by atoms with Gasteiger partial charge in [0, 0.05) is 32.8 Å². The minimum absolute atomic E-state index is 0.0151. The summed E-state index contributed by atoms with van der Waals surface area (Å²) >= 11 is 0. The second-order valence-electron chi connectivity index (χ2n) is 5.04. The minimum Gasteiger partial charge on any atom is -0.383 e. The smallest absolute Gasteiger partial charge is 0.217 e. The van der Waals surface area contributed by atoms with Crippen molar-refractivity contribution in [3.63, 3.8) is 0 Å². The highest BCUT2D eigenvalue weighted by Crippen LogP contribution is 2.23. The summed E-state index contributed by atoms with van der Waals surface area (Å²) in [7, 11) is 0.369.